The highest BCUT2D eigenvalue weighted by molar-refractivity contribution is 8.00. The number of carboxylic acids is 1. The summed E-state index contributed by atoms with van der Waals surface area (Å²) in [6.45, 7) is 2.16. The fourth-order valence-corrected chi connectivity index (χ4v) is 5.23. The number of carboxylic acid groups (broad SMARTS) is 1. The molecule has 0 saturated carbocycles. The van der Waals surface area contributed by atoms with Crippen LogP contribution in [0.25, 0.3) is 11.1 Å². The largest absolute Gasteiger partial charge is 0.481 e. The first-order valence-corrected chi connectivity index (χ1v) is 10.1. The third-order valence-corrected chi connectivity index (χ3v) is 6.56. The number of rotatable bonds is 4. The molecule has 1 fully saturated rings. The lowest BCUT2D eigenvalue weighted by Crippen LogP contribution is -2.42. The molecule has 1 N–H and O–H groups in total. The minimum atomic E-state index is -0.897. The fraction of sp³-hybridized carbons (Fsp3) is 0.333. The quantitative estimate of drug-likeness (QED) is 0.858. The first-order chi connectivity index (χ1) is 13.1. The van der Waals surface area contributed by atoms with E-state index in [2.05, 4.69) is 24.3 Å². The molecule has 0 aromatic heterocycles. The molecule has 2 atom stereocenters. The van der Waals surface area contributed by atoms with Crippen LogP contribution in [0.1, 0.15) is 30.4 Å². The Bertz CT molecular complexity index is 838. The second-order valence-corrected chi connectivity index (χ2v) is 8.24. The van der Waals surface area contributed by atoms with Gasteiger partial charge < -0.3 is 9.84 Å². The maximum Gasteiger partial charge on any atom is 0.410 e. The maximum atomic E-state index is 12.7. The molecule has 2 aliphatic rings. The molecule has 2 aromatic carbocycles. The Morgan fingerprint density at radius 3 is 2.30 bits per heavy atom. The van der Waals surface area contributed by atoms with Gasteiger partial charge >= 0.3 is 12.1 Å². The van der Waals surface area contributed by atoms with Crippen molar-refractivity contribution in [1.82, 2.24) is 4.90 Å². The zero-order valence-electron chi connectivity index (χ0n) is 15.0. The lowest BCUT2D eigenvalue weighted by molar-refractivity contribution is -0.138. The zero-order chi connectivity index (χ0) is 19.0. The van der Waals surface area contributed by atoms with Gasteiger partial charge in [0.15, 0.2) is 0 Å². The predicted molar refractivity (Wildman–Crippen MR) is 105 cm³/mol. The smallest absolute Gasteiger partial charge is 0.410 e. The summed E-state index contributed by atoms with van der Waals surface area (Å²) in [7, 11) is 0. The van der Waals surface area contributed by atoms with E-state index in [0.717, 1.165) is 11.1 Å². The summed E-state index contributed by atoms with van der Waals surface area (Å²) in [5.74, 6) is -0.270. The number of fused-ring (bicyclic) bond motifs is 3. The van der Waals surface area contributed by atoms with Gasteiger partial charge in [-0.25, -0.2) is 4.79 Å². The molecule has 140 valence electrons. The molecule has 4 rings (SSSR count). The number of carbonyl (C=O) groups is 2. The van der Waals surface area contributed by atoms with Crippen LogP contribution in [0.3, 0.4) is 0 Å². The second-order valence-electron chi connectivity index (χ2n) is 6.90. The Balaban J connectivity index is 1.52. The van der Waals surface area contributed by atoms with Crippen molar-refractivity contribution in [3.8, 4) is 11.1 Å². The number of amides is 1. The first-order valence-electron chi connectivity index (χ1n) is 9.03. The van der Waals surface area contributed by atoms with Crippen LogP contribution >= 0.6 is 11.8 Å². The summed E-state index contributed by atoms with van der Waals surface area (Å²) < 4.78 is 5.69. The van der Waals surface area contributed by atoms with Crippen LogP contribution in [-0.2, 0) is 9.53 Å². The van der Waals surface area contributed by atoms with E-state index in [-0.39, 0.29) is 30.4 Å². The van der Waals surface area contributed by atoms with Crippen molar-refractivity contribution in [2.75, 3.05) is 12.4 Å². The molecule has 0 radical (unpaired) electrons. The Morgan fingerprint density at radius 2 is 1.70 bits per heavy atom. The van der Waals surface area contributed by atoms with Crippen LogP contribution in [0.2, 0.25) is 0 Å². The number of nitrogens with zero attached hydrogens (tertiary/aromatic N) is 1. The highest BCUT2D eigenvalue weighted by Gasteiger charge is 2.38. The van der Waals surface area contributed by atoms with Gasteiger partial charge in [0.1, 0.15) is 6.61 Å². The minimum absolute atomic E-state index is 0.00448. The van der Waals surface area contributed by atoms with Crippen LogP contribution in [0, 0.1) is 0 Å². The molecule has 1 aliphatic carbocycles. The lowest BCUT2D eigenvalue weighted by atomic mass is 9.98. The standard InChI is InChI=1S/C21H21NO4S/c1-13-22(14(12-27-13)10-20(23)24)21(25)26-11-19-17-8-4-2-6-15(17)16-7-3-5-9-18(16)19/h2-9,13-14,19H,10-12H2,1H3,(H,23,24). The van der Waals surface area contributed by atoms with Gasteiger partial charge in [-0.3, -0.25) is 9.69 Å². The molecule has 0 bridgehead atoms. The van der Waals surface area contributed by atoms with Gasteiger partial charge in [-0.15, -0.1) is 11.8 Å². The molecule has 2 unspecified atom stereocenters. The van der Waals surface area contributed by atoms with E-state index in [0.29, 0.717) is 5.75 Å². The van der Waals surface area contributed by atoms with Crippen LogP contribution in [0.15, 0.2) is 48.5 Å². The van der Waals surface area contributed by atoms with Crippen molar-refractivity contribution in [3.05, 3.63) is 59.7 Å². The van der Waals surface area contributed by atoms with Crippen LogP contribution in [-0.4, -0.2) is 45.8 Å². The molecular formula is C21H21NO4S. The SMILES string of the molecule is CC1SCC(CC(=O)O)N1C(=O)OCC1c2ccccc2-c2ccccc21. The second kappa shape index (κ2) is 7.27. The number of hydrogen-bond donors (Lipinski definition) is 1. The van der Waals surface area contributed by atoms with Crippen molar-refractivity contribution in [2.24, 2.45) is 0 Å². The summed E-state index contributed by atoms with van der Waals surface area (Å²) in [5, 5.41) is 9.01. The number of ether oxygens (including phenoxy) is 1. The van der Waals surface area contributed by atoms with Crippen molar-refractivity contribution in [2.45, 2.75) is 30.7 Å². The molecule has 5 nitrogen and oxygen atoms in total. The third-order valence-electron chi connectivity index (χ3n) is 5.27. The van der Waals surface area contributed by atoms with Gasteiger partial charge in [-0.2, -0.15) is 0 Å². The van der Waals surface area contributed by atoms with Gasteiger partial charge in [0.05, 0.1) is 17.8 Å². The van der Waals surface area contributed by atoms with E-state index < -0.39 is 12.1 Å². The molecule has 1 heterocycles. The Morgan fingerprint density at radius 1 is 1.11 bits per heavy atom. The van der Waals surface area contributed by atoms with E-state index in [1.165, 1.54) is 11.1 Å². The Labute approximate surface area is 162 Å². The van der Waals surface area contributed by atoms with E-state index in [1.807, 2.05) is 31.2 Å². The van der Waals surface area contributed by atoms with E-state index in [4.69, 9.17) is 9.84 Å². The predicted octanol–water partition coefficient (Wildman–Crippen LogP) is 4.17. The number of thioether (sulfide) groups is 1. The summed E-state index contributed by atoms with van der Waals surface area (Å²) >= 11 is 1.58. The molecule has 27 heavy (non-hydrogen) atoms. The Hall–Kier alpha value is -2.47. The summed E-state index contributed by atoms with van der Waals surface area (Å²) in [6.07, 6.45) is -0.484. The number of aliphatic carboxylic acids is 1. The van der Waals surface area contributed by atoms with Crippen LogP contribution in [0.5, 0.6) is 0 Å². The number of carbonyl (C=O) groups excluding carboxylic acids is 1. The molecule has 1 saturated heterocycles. The molecule has 2 aromatic rings. The number of hydrogen-bond acceptors (Lipinski definition) is 4. The van der Waals surface area contributed by atoms with E-state index in [1.54, 1.807) is 16.7 Å². The zero-order valence-corrected chi connectivity index (χ0v) is 15.8. The molecular weight excluding hydrogens is 362 g/mol. The van der Waals surface area contributed by atoms with Gasteiger partial charge in [0, 0.05) is 11.7 Å². The van der Waals surface area contributed by atoms with Crippen molar-refractivity contribution in [1.29, 1.82) is 0 Å². The van der Waals surface area contributed by atoms with Crippen LogP contribution < -0.4 is 0 Å². The minimum Gasteiger partial charge on any atom is -0.481 e. The summed E-state index contributed by atoms with van der Waals surface area (Å²) in [4.78, 5) is 25.4. The highest BCUT2D eigenvalue weighted by atomic mass is 32.2. The normalized spacial score (nSPS) is 21.0. The summed E-state index contributed by atoms with van der Waals surface area (Å²) in [5.41, 5.74) is 4.70. The first kappa shape index (κ1) is 17.9. The summed E-state index contributed by atoms with van der Waals surface area (Å²) in [6, 6.07) is 16.1. The van der Waals surface area contributed by atoms with Gasteiger partial charge in [-0.05, 0) is 29.2 Å². The number of benzene rings is 2. The molecule has 1 amide bonds. The molecule has 0 spiro atoms. The van der Waals surface area contributed by atoms with Crippen molar-refractivity contribution < 1.29 is 19.4 Å². The van der Waals surface area contributed by atoms with E-state index >= 15 is 0 Å². The fourth-order valence-electron chi connectivity index (χ4n) is 4.03. The average molecular weight is 383 g/mol. The maximum absolute atomic E-state index is 12.7. The Kier molecular flexibility index (Phi) is 4.83. The van der Waals surface area contributed by atoms with Crippen molar-refractivity contribution in [3.63, 3.8) is 0 Å². The van der Waals surface area contributed by atoms with E-state index in [9.17, 15) is 9.59 Å². The van der Waals surface area contributed by atoms with Gasteiger partial charge in [0.2, 0.25) is 0 Å². The lowest BCUT2D eigenvalue weighted by Gasteiger charge is -2.26. The molecule has 6 heteroatoms. The topological polar surface area (TPSA) is 66.8 Å². The van der Waals surface area contributed by atoms with Gasteiger partial charge in [0.25, 0.3) is 0 Å². The van der Waals surface area contributed by atoms with Crippen LogP contribution in [0.4, 0.5) is 4.79 Å². The third kappa shape index (κ3) is 3.30. The molecule has 1 aliphatic heterocycles. The highest BCUT2D eigenvalue weighted by Crippen LogP contribution is 2.44. The van der Waals surface area contributed by atoms with Crippen molar-refractivity contribution >= 4 is 23.8 Å². The average Bonchev–Trinajstić information content (AvgIpc) is 3.17. The monoisotopic (exact) mass is 383 g/mol. The van der Waals surface area contributed by atoms with Gasteiger partial charge in [-0.1, -0.05) is 48.5 Å².